The maximum absolute atomic E-state index is 12.5. The van der Waals surface area contributed by atoms with E-state index in [1.807, 2.05) is 33.8 Å². The molecule has 1 aliphatic heterocycles. The zero-order chi connectivity index (χ0) is 28.7. The second-order valence-electron chi connectivity index (χ2n) is 9.35. The van der Waals surface area contributed by atoms with Gasteiger partial charge in [0.05, 0.1) is 13.2 Å². The predicted octanol–water partition coefficient (Wildman–Crippen LogP) is 4.03. The van der Waals surface area contributed by atoms with Crippen LogP contribution in [0.15, 0.2) is 59.0 Å². The molecule has 0 aliphatic carbocycles. The number of carbonyl (C=O) groups is 3. The average molecular weight is 547 g/mol. The number of methoxy groups -OCH3 is 1. The van der Waals surface area contributed by atoms with Crippen LogP contribution in [0.2, 0.25) is 0 Å². The molecule has 1 aliphatic rings. The summed E-state index contributed by atoms with van der Waals surface area (Å²) in [5, 5.41) is 15.7. The monoisotopic (exact) mass is 546 g/mol. The fourth-order valence-electron chi connectivity index (χ4n) is 3.46. The molecule has 9 heteroatoms. The van der Waals surface area contributed by atoms with Gasteiger partial charge in [-0.2, -0.15) is 0 Å². The Morgan fingerprint density at radius 2 is 2.00 bits per heavy atom. The highest BCUT2D eigenvalue weighted by molar-refractivity contribution is 6.29. The van der Waals surface area contributed by atoms with Crippen molar-refractivity contribution in [2.75, 3.05) is 7.11 Å². The van der Waals surface area contributed by atoms with Crippen LogP contribution in [0.3, 0.4) is 0 Å². The SMILES string of the molecule is COC1=CC[C@@H]([C@@H](C)C=C(C)C=CC#CC(=O)N[C@H](C(=O)NC=CC[C@@H](O)CC=C(C)Cl)C(C)C)OC1=O. The number of rotatable bonds is 12. The van der Waals surface area contributed by atoms with Gasteiger partial charge in [0.25, 0.3) is 5.91 Å². The zero-order valence-corrected chi connectivity index (χ0v) is 23.7. The van der Waals surface area contributed by atoms with Crippen molar-refractivity contribution in [3.63, 3.8) is 0 Å². The Bertz CT molecular complexity index is 1040. The van der Waals surface area contributed by atoms with E-state index < -0.39 is 24.0 Å². The number of esters is 1. The van der Waals surface area contributed by atoms with E-state index in [0.717, 1.165) is 5.57 Å². The molecule has 0 aromatic carbocycles. The number of ether oxygens (including phenoxy) is 2. The molecule has 4 atom stereocenters. The third-order valence-corrected chi connectivity index (χ3v) is 5.76. The highest BCUT2D eigenvalue weighted by Gasteiger charge is 2.27. The summed E-state index contributed by atoms with van der Waals surface area (Å²) in [6, 6.07) is -0.773. The highest BCUT2D eigenvalue weighted by atomic mass is 35.5. The number of cyclic esters (lactones) is 1. The summed E-state index contributed by atoms with van der Waals surface area (Å²) >= 11 is 5.75. The molecule has 208 valence electrons. The molecule has 0 unspecified atom stereocenters. The first-order valence-corrected chi connectivity index (χ1v) is 12.9. The van der Waals surface area contributed by atoms with Gasteiger partial charge in [-0.3, -0.25) is 9.59 Å². The van der Waals surface area contributed by atoms with Gasteiger partial charge in [0.1, 0.15) is 12.1 Å². The van der Waals surface area contributed by atoms with Crippen LogP contribution in [0.4, 0.5) is 0 Å². The van der Waals surface area contributed by atoms with Crippen LogP contribution < -0.4 is 10.6 Å². The fraction of sp³-hybridized carbons (Fsp3) is 0.483. The molecule has 0 saturated heterocycles. The van der Waals surface area contributed by atoms with Crippen molar-refractivity contribution in [2.45, 2.75) is 72.1 Å². The van der Waals surface area contributed by atoms with Crippen LogP contribution in [0, 0.1) is 23.7 Å². The molecule has 38 heavy (non-hydrogen) atoms. The second-order valence-corrected chi connectivity index (χ2v) is 9.94. The molecule has 2 amide bonds. The molecular weight excluding hydrogens is 508 g/mol. The summed E-state index contributed by atoms with van der Waals surface area (Å²) in [6.45, 7) is 9.21. The van der Waals surface area contributed by atoms with Gasteiger partial charge in [-0.15, -0.1) is 0 Å². The first kappa shape index (κ1) is 32.7. The highest BCUT2D eigenvalue weighted by Crippen LogP contribution is 2.22. The molecule has 1 heterocycles. The van der Waals surface area contributed by atoms with Gasteiger partial charge in [-0.25, -0.2) is 4.79 Å². The minimum absolute atomic E-state index is 0.0242. The Labute approximate surface area is 230 Å². The van der Waals surface area contributed by atoms with Gasteiger partial charge in [-0.05, 0) is 56.9 Å². The average Bonchev–Trinajstić information content (AvgIpc) is 2.86. The maximum Gasteiger partial charge on any atom is 0.373 e. The van der Waals surface area contributed by atoms with Crippen molar-refractivity contribution < 1.29 is 29.0 Å². The minimum atomic E-state index is -0.773. The Balaban J connectivity index is 2.59. The molecule has 0 fully saturated rings. The van der Waals surface area contributed by atoms with Crippen molar-refractivity contribution >= 4 is 29.4 Å². The molecular formula is C29H39ClN2O6. The molecule has 0 aromatic heterocycles. The Hall–Kier alpha value is -3.28. The number of nitrogens with one attached hydrogen (secondary N) is 2. The third-order valence-electron chi connectivity index (χ3n) is 5.60. The van der Waals surface area contributed by atoms with E-state index in [1.54, 1.807) is 37.3 Å². The smallest absolute Gasteiger partial charge is 0.373 e. The largest absolute Gasteiger partial charge is 0.490 e. The van der Waals surface area contributed by atoms with E-state index in [0.29, 0.717) is 24.3 Å². The molecule has 0 aromatic rings. The summed E-state index contributed by atoms with van der Waals surface area (Å²) in [5.74, 6) is 3.75. The van der Waals surface area contributed by atoms with E-state index in [-0.39, 0.29) is 29.6 Å². The summed E-state index contributed by atoms with van der Waals surface area (Å²) in [5.41, 5.74) is 0.898. The van der Waals surface area contributed by atoms with Crippen LogP contribution in [-0.2, 0) is 23.9 Å². The summed E-state index contributed by atoms with van der Waals surface area (Å²) in [4.78, 5) is 36.6. The number of halogens is 1. The first-order chi connectivity index (χ1) is 17.9. The van der Waals surface area contributed by atoms with Crippen molar-refractivity contribution in [2.24, 2.45) is 11.8 Å². The van der Waals surface area contributed by atoms with Crippen LogP contribution in [-0.4, -0.2) is 48.2 Å². The topological polar surface area (TPSA) is 114 Å². The van der Waals surface area contributed by atoms with Crippen LogP contribution >= 0.6 is 11.6 Å². The van der Waals surface area contributed by atoms with Crippen molar-refractivity contribution in [3.05, 3.63) is 59.0 Å². The number of allylic oxidation sites excluding steroid dienone is 4. The normalized spacial score (nSPS) is 18.8. The Kier molecular flexibility index (Phi) is 14.9. The van der Waals surface area contributed by atoms with Crippen molar-refractivity contribution in [1.29, 1.82) is 0 Å². The molecule has 8 nitrogen and oxygen atoms in total. The number of carbonyl (C=O) groups excluding carboxylic acids is 3. The van der Waals surface area contributed by atoms with Gasteiger partial charge < -0.3 is 25.2 Å². The standard InChI is InChI=1S/C29H39ClN2O6/c1-19(2)27(28(35)31-17-9-11-23(33)14-13-22(5)30)32-26(34)12-8-7-10-20(3)18-21(4)24-15-16-25(37-6)29(36)38-24/h7,9-10,13,16-19,21,23-24,27,33H,11,14-15H2,1-6H3,(H,31,35)(H,32,34)/t21-,23+,24-,27-/m0/s1. The summed E-state index contributed by atoms with van der Waals surface area (Å²) < 4.78 is 10.4. The zero-order valence-electron chi connectivity index (χ0n) is 22.9. The minimum Gasteiger partial charge on any atom is -0.490 e. The molecule has 3 N–H and O–H groups in total. The lowest BCUT2D eigenvalue weighted by molar-refractivity contribution is -0.151. The van der Waals surface area contributed by atoms with Gasteiger partial charge in [0.15, 0.2) is 5.76 Å². The summed E-state index contributed by atoms with van der Waals surface area (Å²) in [6.07, 6.45) is 12.3. The predicted molar refractivity (Wildman–Crippen MR) is 148 cm³/mol. The van der Waals surface area contributed by atoms with Crippen molar-refractivity contribution in [1.82, 2.24) is 10.6 Å². The number of hydrogen-bond donors (Lipinski definition) is 3. The lowest BCUT2D eigenvalue weighted by atomic mass is 9.97. The first-order valence-electron chi connectivity index (χ1n) is 12.5. The Morgan fingerprint density at radius 1 is 1.29 bits per heavy atom. The lowest BCUT2D eigenvalue weighted by Crippen LogP contribution is -2.48. The quantitative estimate of drug-likeness (QED) is 0.193. The fourth-order valence-corrected chi connectivity index (χ4v) is 3.55. The Morgan fingerprint density at radius 3 is 2.61 bits per heavy atom. The molecule has 1 rings (SSSR count). The van der Waals surface area contributed by atoms with Crippen LogP contribution in [0.5, 0.6) is 0 Å². The van der Waals surface area contributed by atoms with E-state index in [4.69, 9.17) is 21.1 Å². The lowest BCUT2D eigenvalue weighted by Gasteiger charge is -2.25. The number of aliphatic hydroxyl groups is 1. The van der Waals surface area contributed by atoms with Gasteiger partial charge in [0, 0.05) is 17.4 Å². The summed E-state index contributed by atoms with van der Waals surface area (Å²) in [7, 11) is 1.43. The van der Waals surface area contributed by atoms with E-state index >= 15 is 0 Å². The van der Waals surface area contributed by atoms with Gasteiger partial charge in [0.2, 0.25) is 5.91 Å². The molecule has 0 saturated carbocycles. The van der Waals surface area contributed by atoms with Crippen LogP contribution in [0.25, 0.3) is 0 Å². The number of hydrogen-bond acceptors (Lipinski definition) is 6. The molecule has 0 spiro atoms. The van der Waals surface area contributed by atoms with E-state index in [1.165, 1.54) is 13.3 Å². The maximum atomic E-state index is 12.5. The number of aliphatic hydroxyl groups excluding tert-OH is 1. The third kappa shape index (κ3) is 12.8. The second kappa shape index (κ2) is 17.3. The molecule has 0 radical (unpaired) electrons. The van der Waals surface area contributed by atoms with E-state index in [9.17, 15) is 19.5 Å². The van der Waals surface area contributed by atoms with Gasteiger partial charge in [-0.1, -0.05) is 68.2 Å². The number of amides is 2. The van der Waals surface area contributed by atoms with Crippen molar-refractivity contribution in [3.8, 4) is 11.8 Å². The molecule has 0 bridgehead atoms. The van der Waals surface area contributed by atoms with E-state index in [2.05, 4.69) is 22.5 Å². The van der Waals surface area contributed by atoms with Crippen LogP contribution in [0.1, 0.15) is 53.9 Å². The van der Waals surface area contributed by atoms with Gasteiger partial charge >= 0.3 is 5.97 Å².